The summed E-state index contributed by atoms with van der Waals surface area (Å²) in [6.45, 7) is 1.48. The number of amides is 1. The van der Waals surface area contributed by atoms with E-state index in [4.69, 9.17) is 4.74 Å². The van der Waals surface area contributed by atoms with Gasteiger partial charge in [0.1, 0.15) is 0 Å². The van der Waals surface area contributed by atoms with E-state index in [9.17, 15) is 4.79 Å². The van der Waals surface area contributed by atoms with Gasteiger partial charge in [0.25, 0.3) is 0 Å². The first-order valence-corrected chi connectivity index (χ1v) is 8.93. The Morgan fingerprint density at radius 2 is 2.09 bits per heavy atom. The molecule has 0 unspecified atom stereocenters. The number of carbonyl (C=O) groups excluding carboxylic acids is 1. The maximum atomic E-state index is 11.8. The second-order valence-electron chi connectivity index (χ2n) is 4.48. The molecule has 0 saturated carbocycles. The molecule has 23 heavy (non-hydrogen) atoms. The lowest BCUT2D eigenvalue weighted by Crippen LogP contribution is -2.30. The summed E-state index contributed by atoms with van der Waals surface area (Å²) < 4.78 is 4.90. The highest BCUT2D eigenvalue weighted by atomic mass is 35.5. The molecule has 1 aromatic heterocycles. The molecule has 2 N–H and O–H groups in total. The molecule has 0 bridgehead atoms. The molecule has 2 aromatic rings. The summed E-state index contributed by atoms with van der Waals surface area (Å²) in [6.07, 6.45) is 2.05. The summed E-state index contributed by atoms with van der Waals surface area (Å²) in [6, 6.07) is 8.21. The van der Waals surface area contributed by atoms with Crippen LogP contribution in [0.4, 0.5) is 5.13 Å². The van der Waals surface area contributed by atoms with E-state index in [1.165, 1.54) is 16.2 Å². The standard InChI is InChI=1S/C15H19N3O2S2.ClH/c1-20-8-7-16-9-14(19)18-15-17-13(10-22-15)11-3-5-12(21-2)6-4-11;/h3-6,10,16H,7-9H2,1-2H3,(H,17,18,19);1H. The van der Waals surface area contributed by atoms with Gasteiger partial charge in [-0.3, -0.25) is 4.79 Å². The molecule has 8 heteroatoms. The Morgan fingerprint density at radius 3 is 2.74 bits per heavy atom. The highest BCUT2D eigenvalue weighted by Crippen LogP contribution is 2.26. The van der Waals surface area contributed by atoms with Crippen molar-refractivity contribution >= 4 is 46.5 Å². The first-order chi connectivity index (χ1) is 10.7. The average molecular weight is 374 g/mol. The Morgan fingerprint density at radius 1 is 1.35 bits per heavy atom. The quantitative estimate of drug-likeness (QED) is 0.549. The van der Waals surface area contributed by atoms with Gasteiger partial charge in [-0.2, -0.15) is 0 Å². The van der Waals surface area contributed by atoms with Crippen LogP contribution >= 0.6 is 35.5 Å². The zero-order valence-corrected chi connectivity index (χ0v) is 15.4. The molecular formula is C15H20ClN3O2S2. The topological polar surface area (TPSA) is 63.2 Å². The van der Waals surface area contributed by atoms with E-state index < -0.39 is 0 Å². The molecule has 0 spiro atoms. The lowest BCUT2D eigenvalue weighted by atomic mass is 10.2. The van der Waals surface area contributed by atoms with Crippen LogP contribution in [0.2, 0.25) is 0 Å². The van der Waals surface area contributed by atoms with Crippen LogP contribution in [0.5, 0.6) is 0 Å². The molecule has 0 radical (unpaired) electrons. The number of anilines is 1. The molecule has 0 aliphatic rings. The van der Waals surface area contributed by atoms with Crippen LogP contribution in [0.25, 0.3) is 11.3 Å². The summed E-state index contributed by atoms with van der Waals surface area (Å²) in [5.74, 6) is -0.102. The van der Waals surface area contributed by atoms with E-state index in [0.717, 1.165) is 11.3 Å². The van der Waals surface area contributed by atoms with Gasteiger partial charge in [0.15, 0.2) is 5.13 Å². The van der Waals surface area contributed by atoms with Crippen molar-refractivity contribution in [3.63, 3.8) is 0 Å². The summed E-state index contributed by atoms with van der Waals surface area (Å²) in [4.78, 5) is 17.4. The number of methoxy groups -OCH3 is 1. The van der Waals surface area contributed by atoms with Crippen molar-refractivity contribution in [1.82, 2.24) is 10.3 Å². The zero-order valence-electron chi connectivity index (χ0n) is 13.0. The molecular weight excluding hydrogens is 354 g/mol. The maximum Gasteiger partial charge on any atom is 0.240 e. The van der Waals surface area contributed by atoms with Crippen molar-refractivity contribution in [3.8, 4) is 11.3 Å². The number of benzene rings is 1. The van der Waals surface area contributed by atoms with Gasteiger partial charge in [-0.15, -0.1) is 35.5 Å². The fraction of sp³-hybridized carbons (Fsp3) is 0.333. The molecule has 0 aliphatic carbocycles. The average Bonchev–Trinajstić information content (AvgIpc) is 3.00. The fourth-order valence-corrected chi connectivity index (χ4v) is 2.91. The van der Waals surface area contributed by atoms with Crippen molar-refractivity contribution in [2.45, 2.75) is 4.90 Å². The van der Waals surface area contributed by atoms with E-state index in [1.807, 2.05) is 23.8 Å². The van der Waals surface area contributed by atoms with Crippen molar-refractivity contribution in [2.75, 3.05) is 38.4 Å². The minimum Gasteiger partial charge on any atom is -0.383 e. The minimum atomic E-state index is -0.102. The summed E-state index contributed by atoms with van der Waals surface area (Å²) in [5.41, 5.74) is 1.92. The van der Waals surface area contributed by atoms with Gasteiger partial charge < -0.3 is 15.4 Å². The van der Waals surface area contributed by atoms with Gasteiger partial charge >= 0.3 is 0 Å². The first-order valence-electron chi connectivity index (χ1n) is 6.82. The minimum absolute atomic E-state index is 0. The fourth-order valence-electron chi connectivity index (χ4n) is 1.77. The Hall–Kier alpha value is -1.12. The number of halogens is 1. The number of nitrogens with zero attached hydrogens (tertiary/aromatic N) is 1. The molecule has 1 amide bonds. The number of ether oxygens (including phenoxy) is 1. The van der Waals surface area contributed by atoms with Gasteiger partial charge in [-0.05, 0) is 18.4 Å². The van der Waals surface area contributed by atoms with Crippen molar-refractivity contribution < 1.29 is 9.53 Å². The lowest BCUT2D eigenvalue weighted by Gasteiger charge is -2.03. The monoisotopic (exact) mass is 373 g/mol. The Balaban J connectivity index is 0.00000264. The van der Waals surface area contributed by atoms with Gasteiger partial charge in [0.2, 0.25) is 5.91 Å². The predicted molar refractivity (Wildman–Crippen MR) is 100.0 cm³/mol. The van der Waals surface area contributed by atoms with Crippen LogP contribution in [0.15, 0.2) is 34.5 Å². The zero-order chi connectivity index (χ0) is 15.8. The second kappa shape index (κ2) is 10.6. The normalized spacial score (nSPS) is 10.2. The first kappa shape index (κ1) is 19.9. The Kier molecular flexibility index (Phi) is 9.20. The number of hydrogen-bond acceptors (Lipinski definition) is 6. The third-order valence-electron chi connectivity index (χ3n) is 2.90. The van der Waals surface area contributed by atoms with Crippen LogP contribution in [0, 0.1) is 0 Å². The number of thiazole rings is 1. The molecule has 1 heterocycles. The van der Waals surface area contributed by atoms with Crippen LogP contribution in [0.1, 0.15) is 0 Å². The number of hydrogen-bond donors (Lipinski definition) is 2. The van der Waals surface area contributed by atoms with Gasteiger partial charge in [-0.25, -0.2) is 4.98 Å². The van der Waals surface area contributed by atoms with Gasteiger partial charge in [0, 0.05) is 29.5 Å². The SMILES string of the molecule is COCCNCC(=O)Nc1nc(-c2ccc(SC)cc2)cs1.Cl. The van der Waals surface area contributed by atoms with Crippen molar-refractivity contribution in [1.29, 1.82) is 0 Å². The summed E-state index contributed by atoms with van der Waals surface area (Å²) in [5, 5.41) is 8.35. The number of thioether (sulfide) groups is 1. The van der Waals surface area contributed by atoms with Crippen molar-refractivity contribution in [3.05, 3.63) is 29.6 Å². The van der Waals surface area contributed by atoms with Gasteiger partial charge in [0.05, 0.1) is 18.8 Å². The number of aromatic nitrogens is 1. The predicted octanol–water partition coefficient (Wildman–Crippen LogP) is 3.13. The van der Waals surface area contributed by atoms with Crippen LogP contribution < -0.4 is 10.6 Å². The molecule has 1 aromatic carbocycles. The van der Waals surface area contributed by atoms with E-state index in [-0.39, 0.29) is 24.9 Å². The highest BCUT2D eigenvalue weighted by Gasteiger charge is 2.07. The third-order valence-corrected chi connectivity index (χ3v) is 4.41. The summed E-state index contributed by atoms with van der Waals surface area (Å²) in [7, 11) is 1.63. The number of rotatable bonds is 8. The smallest absolute Gasteiger partial charge is 0.240 e. The van der Waals surface area contributed by atoms with Crippen LogP contribution in [0.3, 0.4) is 0 Å². The van der Waals surface area contributed by atoms with E-state index in [1.54, 1.807) is 18.9 Å². The molecule has 0 fully saturated rings. The molecule has 2 rings (SSSR count). The maximum absolute atomic E-state index is 11.8. The molecule has 0 atom stereocenters. The van der Waals surface area contributed by atoms with Gasteiger partial charge in [-0.1, -0.05) is 12.1 Å². The lowest BCUT2D eigenvalue weighted by molar-refractivity contribution is -0.115. The Labute approximate surface area is 150 Å². The molecule has 126 valence electrons. The number of nitrogens with one attached hydrogen (secondary N) is 2. The third kappa shape index (κ3) is 6.48. The largest absolute Gasteiger partial charge is 0.383 e. The summed E-state index contributed by atoms with van der Waals surface area (Å²) >= 11 is 3.13. The molecule has 5 nitrogen and oxygen atoms in total. The van der Waals surface area contributed by atoms with Crippen LogP contribution in [-0.4, -0.2) is 44.0 Å². The van der Waals surface area contributed by atoms with Crippen LogP contribution in [-0.2, 0) is 9.53 Å². The molecule has 0 aliphatic heterocycles. The van der Waals surface area contributed by atoms with E-state index >= 15 is 0 Å². The van der Waals surface area contributed by atoms with E-state index in [2.05, 4.69) is 27.8 Å². The number of carbonyl (C=O) groups is 1. The molecule has 0 saturated heterocycles. The highest BCUT2D eigenvalue weighted by molar-refractivity contribution is 7.98. The van der Waals surface area contributed by atoms with E-state index in [0.29, 0.717) is 18.3 Å². The Bertz CT molecular complexity index is 605. The second-order valence-corrected chi connectivity index (χ2v) is 6.22. The van der Waals surface area contributed by atoms with Crippen molar-refractivity contribution in [2.24, 2.45) is 0 Å².